The molecule has 7 atom stereocenters. The van der Waals surface area contributed by atoms with Crippen LogP contribution in [0.25, 0.3) is 60.3 Å². The van der Waals surface area contributed by atoms with Crippen LogP contribution in [-0.4, -0.2) is 14.4 Å². The molecular weight excluding hydrogens is 679 g/mol. The van der Waals surface area contributed by atoms with Crippen LogP contribution in [0.15, 0.2) is 54.9 Å². The SMILES string of the molecule is CC1(C)c2ccccc2-c2cc3c(cc21)-c1cc2c4c5c(ncc4n4c6cnc7c(c6c(c1C3(C)C)c24)C1CC2CC(CC7C2)C1)C1CC2CC3CC5CC23C1. The van der Waals surface area contributed by atoms with Crippen LogP contribution in [-0.2, 0) is 10.8 Å². The molecule has 0 amide bonds. The standard InChI is InChI=1S/C53H49N3/c1-51(2)37-8-6-5-7-32(37)33-18-39-34(19-38(33)51)35-17-36-44-40(22-55-49-29-15-31-16-30-14-28(43(44)49)20-53(30,31)21-29)56-41-23-54-48-27-12-24-9-25(13-27)11-26(10-24)42(48)45(41)46(50(36)56)47(35)52(39,3)4/h5-8,17-19,22-31H,9-16,20-21H2,1-4H3. The van der Waals surface area contributed by atoms with Gasteiger partial charge in [-0.3, -0.25) is 9.97 Å². The van der Waals surface area contributed by atoms with Gasteiger partial charge in [0.25, 0.3) is 0 Å². The Labute approximate surface area is 328 Å². The first-order valence-electron chi connectivity index (χ1n) is 22.6. The van der Waals surface area contributed by atoms with Gasteiger partial charge in [-0.25, -0.2) is 0 Å². The Bertz CT molecular complexity index is 3050. The summed E-state index contributed by atoms with van der Waals surface area (Å²) >= 11 is 0. The third kappa shape index (κ3) is 2.99. The molecule has 0 saturated heterocycles. The lowest BCUT2D eigenvalue weighted by atomic mass is 9.56. The van der Waals surface area contributed by atoms with Crippen molar-refractivity contribution in [3.63, 3.8) is 0 Å². The van der Waals surface area contributed by atoms with E-state index in [9.17, 15) is 0 Å². The van der Waals surface area contributed by atoms with E-state index in [1.54, 1.807) is 32.8 Å². The Kier molecular flexibility index (Phi) is 4.76. The maximum absolute atomic E-state index is 5.60. The van der Waals surface area contributed by atoms with Gasteiger partial charge in [-0.2, -0.15) is 0 Å². The van der Waals surface area contributed by atoms with Crippen molar-refractivity contribution < 1.29 is 0 Å². The van der Waals surface area contributed by atoms with Crippen molar-refractivity contribution >= 4 is 38.1 Å². The number of benzene rings is 3. The van der Waals surface area contributed by atoms with Gasteiger partial charge in [0.05, 0.1) is 28.9 Å². The number of rotatable bonds is 0. The Hall–Kier alpha value is -4.24. The molecule has 4 aromatic heterocycles. The molecule has 4 heterocycles. The zero-order valence-electron chi connectivity index (χ0n) is 33.2. The Morgan fingerprint density at radius 1 is 0.554 bits per heavy atom. The van der Waals surface area contributed by atoms with Crippen molar-refractivity contribution in [3.8, 4) is 22.3 Å². The monoisotopic (exact) mass is 727 g/mol. The van der Waals surface area contributed by atoms with Crippen LogP contribution >= 0.6 is 0 Å². The topological polar surface area (TPSA) is 30.2 Å². The zero-order chi connectivity index (χ0) is 36.5. The normalized spacial score (nSPS) is 34.8. The number of hydrogen-bond acceptors (Lipinski definition) is 2. The quantitative estimate of drug-likeness (QED) is 0.156. The molecule has 10 aliphatic rings. The van der Waals surface area contributed by atoms with E-state index in [-0.39, 0.29) is 10.8 Å². The fourth-order valence-corrected chi connectivity index (χ4v) is 17.5. The molecule has 0 radical (unpaired) electrons. The summed E-state index contributed by atoms with van der Waals surface area (Å²) in [5.74, 6) is 6.19. The number of nitrogens with zero attached hydrogens (tertiary/aromatic N) is 3. The van der Waals surface area contributed by atoms with Gasteiger partial charge in [0.1, 0.15) is 0 Å². The van der Waals surface area contributed by atoms with E-state index in [2.05, 4.69) is 87.0 Å². The van der Waals surface area contributed by atoms with Crippen molar-refractivity contribution in [1.82, 2.24) is 14.4 Å². The molecule has 17 rings (SSSR count). The molecule has 1 spiro atoms. The first-order valence-corrected chi connectivity index (χ1v) is 22.6. The lowest BCUT2D eigenvalue weighted by molar-refractivity contribution is 0.00321. The van der Waals surface area contributed by atoms with Crippen LogP contribution < -0.4 is 0 Å². The molecule has 5 saturated carbocycles. The minimum atomic E-state index is -0.140. The molecule has 5 fully saturated rings. The van der Waals surface area contributed by atoms with Gasteiger partial charge in [-0.15, -0.1) is 0 Å². The molecule has 0 aliphatic heterocycles. The summed E-state index contributed by atoms with van der Waals surface area (Å²) < 4.78 is 2.72. The summed E-state index contributed by atoms with van der Waals surface area (Å²) in [6, 6.07) is 17.2. The summed E-state index contributed by atoms with van der Waals surface area (Å²) in [6.45, 7) is 10.0. The molecule has 0 N–H and O–H groups in total. The van der Waals surface area contributed by atoms with E-state index in [0.717, 1.165) is 23.7 Å². The summed E-state index contributed by atoms with van der Waals surface area (Å²) in [5.41, 5.74) is 22.9. The molecule has 3 nitrogen and oxygen atoms in total. The number of hydrogen-bond donors (Lipinski definition) is 0. The predicted molar refractivity (Wildman–Crippen MR) is 225 cm³/mol. The smallest absolute Gasteiger partial charge is 0.0728 e. The highest BCUT2D eigenvalue weighted by Crippen LogP contribution is 2.76. The van der Waals surface area contributed by atoms with Crippen molar-refractivity contribution in [2.75, 3.05) is 0 Å². The second kappa shape index (κ2) is 8.91. The lowest BCUT2D eigenvalue weighted by Crippen LogP contribution is -2.41. The minimum absolute atomic E-state index is 0.0277. The molecule has 3 aromatic carbocycles. The van der Waals surface area contributed by atoms with E-state index >= 15 is 0 Å². The molecular formula is C53H49N3. The average molecular weight is 728 g/mol. The van der Waals surface area contributed by atoms with Crippen LogP contribution in [0.2, 0.25) is 0 Å². The highest BCUT2D eigenvalue weighted by Gasteiger charge is 2.66. The lowest BCUT2D eigenvalue weighted by Gasteiger charge is -2.48. The maximum atomic E-state index is 5.60. The number of pyridine rings is 2. The fourth-order valence-electron chi connectivity index (χ4n) is 17.5. The van der Waals surface area contributed by atoms with Crippen molar-refractivity contribution in [2.45, 2.75) is 126 Å². The van der Waals surface area contributed by atoms with Gasteiger partial charge in [0, 0.05) is 55.6 Å². The van der Waals surface area contributed by atoms with E-state index in [0.29, 0.717) is 29.1 Å². The first kappa shape index (κ1) is 29.9. The van der Waals surface area contributed by atoms with Gasteiger partial charge in [-0.1, -0.05) is 52.0 Å². The van der Waals surface area contributed by atoms with E-state index in [4.69, 9.17) is 9.97 Å². The molecule has 7 aromatic rings. The van der Waals surface area contributed by atoms with Crippen molar-refractivity contribution in [1.29, 1.82) is 0 Å². The average Bonchev–Trinajstić information content (AvgIpc) is 3.93. The molecule has 3 heteroatoms. The second-order valence-electron chi connectivity index (χ2n) is 22.2. The van der Waals surface area contributed by atoms with Gasteiger partial charge >= 0.3 is 0 Å². The Balaban J connectivity index is 1.08. The zero-order valence-corrected chi connectivity index (χ0v) is 33.2. The van der Waals surface area contributed by atoms with E-state index in [1.807, 2.05) is 0 Å². The maximum Gasteiger partial charge on any atom is 0.0728 e. The largest absolute Gasteiger partial charge is 0.305 e. The van der Waals surface area contributed by atoms with Crippen LogP contribution in [0, 0.1) is 29.1 Å². The highest BCUT2D eigenvalue weighted by molar-refractivity contribution is 6.28. The van der Waals surface area contributed by atoms with Gasteiger partial charge < -0.3 is 4.40 Å². The molecule has 276 valence electrons. The van der Waals surface area contributed by atoms with Crippen molar-refractivity contribution in [3.05, 3.63) is 99.6 Å². The van der Waals surface area contributed by atoms with Gasteiger partial charge in [-0.05, 0) is 179 Å². The summed E-state index contributed by atoms with van der Waals surface area (Å²) in [5, 5.41) is 6.20. The van der Waals surface area contributed by atoms with E-state index in [1.165, 1.54) is 136 Å². The van der Waals surface area contributed by atoms with E-state index < -0.39 is 0 Å². The molecule has 10 aliphatic carbocycles. The minimum Gasteiger partial charge on any atom is -0.305 e. The summed E-state index contributed by atoms with van der Waals surface area (Å²) in [6.07, 6.45) is 18.6. The second-order valence-corrected chi connectivity index (χ2v) is 22.2. The van der Waals surface area contributed by atoms with Crippen LogP contribution in [0.5, 0.6) is 0 Å². The van der Waals surface area contributed by atoms with Crippen LogP contribution in [0.1, 0.15) is 160 Å². The molecule has 56 heavy (non-hydrogen) atoms. The van der Waals surface area contributed by atoms with Crippen LogP contribution in [0.4, 0.5) is 0 Å². The Morgan fingerprint density at radius 3 is 2.00 bits per heavy atom. The van der Waals surface area contributed by atoms with Crippen LogP contribution in [0.3, 0.4) is 0 Å². The fraction of sp³-hybridized carbons (Fsp3) is 0.472. The summed E-state index contributed by atoms with van der Waals surface area (Å²) in [4.78, 5) is 11.2. The first-order chi connectivity index (χ1) is 27.2. The Morgan fingerprint density at radius 2 is 1.20 bits per heavy atom. The van der Waals surface area contributed by atoms with Gasteiger partial charge in [0.2, 0.25) is 0 Å². The molecule has 7 unspecified atom stereocenters. The van der Waals surface area contributed by atoms with Crippen molar-refractivity contribution in [2.24, 2.45) is 29.1 Å². The third-order valence-corrected chi connectivity index (χ3v) is 19.4. The predicted octanol–water partition coefficient (Wildman–Crippen LogP) is 13.0. The third-order valence-electron chi connectivity index (χ3n) is 19.4. The highest BCUT2D eigenvalue weighted by atomic mass is 15.0. The molecule has 7 bridgehead atoms. The number of aromatic nitrogens is 3. The number of fused-ring (bicyclic) bond motifs is 19. The summed E-state index contributed by atoms with van der Waals surface area (Å²) in [7, 11) is 0. The van der Waals surface area contributed by atoms with Gasteiger partial charge in [0.15, 0.2) is 0 Å².